The predicted octanol–water partition coefficient (Wildman–Crippen LogP) is 2.92. The van der Waals surface area contributed by atoms with Crippen molar-refractivity contribution >= 4 is 0 Å². The molecule has 0 heterocycles. The van der Waals surface area contributed by atoms with E-state index in [1.54, 1.807) is 0 Å². The van der Waals surface area contributed by atoms with Crippen molar-refractivity contribution in [3.05, 3.63) is 0 Å². The number of nitriles is 1. The van der Waals surface area contributed by atoms with E-state index in [0.29, 0.717) is 12.1 Å². The van der Waals surface area contributed by atoms with Gasteiger partial charge in [0.05, 0.1) is 6.07 Å². The fourth-order valence-corrected chi connectivity index (χ4v) is 3.96. The molecule has 2 saturated carbocycles. The Labute approximate surface area is 118 Å². The largest absolute Gasteiger partial charge is 0.303 e. The monoisotopic (exact) mass is 263 g/mol. The molecule has 0 amide bonds. The van der Waals surface area contributed by atoms with Gasteiger partial charge in [0.2, 0.25) is 0 Å². The third-order valence-corrected chi connectivity index (χ3v) is 4.91. The summed E-state index contributed by atoms with van der Waals surface area (Å²) in [6, 6.07) is 3.53. The Morgan fingerprint density at radius 2 is 2.00 bits per heavy atom. The highest BCUT2D eigenvalue weighted by Gasteiger charge is 2.41. The Morgan fingerprint density at radius 3 is 2.58 bits per heavy atom. The zero-order valence-electron chi connectivity index (χ0n) is 12.8. The molecule has 19 heavy (non-hydrogen) atoms. The first-order valence-electron chi connectivity index (χ1n) is 7.94. The molecular formula is C16H29N3. The van der Waals surface area contributed by atoms with Crippen molar-refractivity contribution in [3.63, 3.8) is 0 Å². The lowest BCUT2D eigenvalue weighted by molar-refractivity contribution is 0.201. The van der Waals surface area contributed by atoms with Gasteiger partial charge >= 0.3 is 0 Å². The molecule has 2 atom stereocenters. The van der Waals surface area contributed by atoms with E-state index in [9.17, 15) is 5.26 Å². The van der Waals surface area contributed by atoms with Crippen LogP contribution in [0.4, 0.5) is 0 Å². The summed E-state index contributed by atoms with van der Waals surface area (Å²) in [7, 11) is 2.26. The average Bonchev–Trinajstić information content (AvgIpc) is 2.98. The van der Waals surface area contributed by atoms with Crippen molar-refractivity contribution in [2.24, 2.45) is 5.92 Å². The smallest absolute Gasteiger partial charge is 0.108 e. The molecule has 2 rings (SSSR count). The molecule has 0 aliphatic heterocycles. The molecule has 0 aromatic rings. The van der Waals surface area contributed by atoms with Gasteiger partial charge in [-0.1, -0.05) is 12.8 Å². The quantitative estimate of drug-likeness (QED) is 0.829. The van der Waals surface area contributed by atoms with Crippen molar-refractivity contribution < 1.29 is 0 Å². The molecule has 108 valence electrons. The summed E-state index contributed by atoms with van der Waals surface area (Å²) in [5, 5.41) is 13.0. The van der Waals surface area contributed by atoms with E-state index < -0.39 is 0 Å². The maximum Gasteiger partial charge on any atom is 0.108 e. The fourth-order valence-electron chi connectivity index (χ4n) is 3.96. The van der Waals surface area contributed by atoms with Crippen LogP contribution in [-0.2, 0) is 0 Å². The fraction of sp³-hybridized carbons (Fsp3) is 0.938. The van der Waals surface area contributed by atoms with E-state index >= 15 is 0 Å². The molecule has 2 aliphatic carbocycles. The summed E-state index contributed by atoms with van der Waals surface area (Å²) in [5.41, 5.74) is -0.275. The Balaban J connectivity index is 1.87. The van der Waals surface area contributed by atoms with Crippen LogP contribution in [0, 0.1) is 17.2 Å². The molecule has 0 aromatic carbocycles. The summed E-state index contributed by atoms with van der Waals surface area (Å²) in [6.07, 6.45) is 8.80. The Morgan fingerprint density at radius 1 is 1.32 bits per heavy atom. The van der Waals surface area contributed by atoms with Crippen LogP contribution in [0.3, 0.4) is 0 Å². The summed E-state index contributed by atoms with van der Waals surface area (Å²) in [5.74, 6) is 0.903. The van der Waals surface area contributed by atoms with Gasteiger partial charge in [-0.25, -0.2) is 0 Å². The maximum atomic E-state index is 9.52. The average molecular weight is 263 g/mol. The molecule has 3 heteroatoms. The van der Waals surface area contributed by atoms with E-state index in [4.69, 9.17) is 0 Å². The van der Waals surface area contributed by atoms with Crippen LogP contribution >= 0.6 is 0 Å². The zero-order chi connectivity index (χ0) is 13.9. The van der Waals surface area contributed by atoms with Gasteiger partial charge in [0.25, 0.3) is 0 Å². The predicted molar refractivity (Wildman–Crippen MR) is 78.8 cm³/mol. The number of hydrogen-bond donors (Lipinski definition) is 1. The summed E-state index contributed by atoms with van der Waals surface area (Å²) >= 11 is 0. The zero-order valence-corrected chi connectivity index (χ0v) is 12.8. The van der Waals surface area contributed by atoms with Crippen molar-refractivity contribution in [1.29, 1.82) is 5.26 Å². The summed E-state index contributed by atoms with van der Waals surface area (Å²) in [4.78, 5) is 2.52. The van der Waals surface area contributed by atoms with Gasteiger partial charge in [-0.2, -0.15) is 5.26 Å². The van der Waals surface area contributed by atoms with Gasteiger partial charge < -0.3 is 4.90 Å². The molecule has 3 nitrogen and oxygen atoms in total. The van der Waals surface area contributed by atoms with Crippen molar-refractivity contribution in [2.45, 2.75) is 76.4 Å². The minimum absolute atomic E-state index is 0.275. The highest BCUT2D eigenvalue weighted by molar-refractivity contribution is 5.13. The van der Waals surface area contributed by atoms with Crippen molar-refractivity contribution in [1.82, 2.24) is 10.2 Å². The van der Waals surface area contributed by atoms with Crippen molar-refractivity contribution in [3.8, 4) is 6.07 Å². The second-order valence-electron chi connectivity index (χ2n) is 6.98. The number of nitrogens with one attached hydrogen (secondary N) is 1. The van der Waals surface area contributed by atoms with Gasteiger partial charge in [0.1, 0.15) is 5.54 Å². The molecule has 1 N–H and O–H groups in total. The first kappa shape index (κ1) is 14.8. The van der Waals surface area contributed by atoms with Crippen LogP contribution in [0.1, 0.15) is 58.8 Å². The van der Waals surface area contributed by atoms with E-state index in [-0.39, 0.29) is 5.54 Å². The molecule has 0 bridgehead atoms. The van der Waals surface area contributed by atoms with Crippen LogP contribution in [0.25, 0.3) is 0 Å². The van der Waals surface area contributed by atoms with E-state index in [1.807, 2.05) is 0 Å². The number of nitrogens with zero attached hydrogens (tertiary/aromatic N) is 2. The van der Waals surface area contributed by atoms with Crippen LogP contribution < -0.4 is 5.32 Å². The minimum Gasteiger partial charge on any atom is -0.303 e. The van der Waals surface area contributed by atoms with Crippen LogP contribution in [0.2, 0.25) is 0 Å². The molecule has 0 saturated heterocycles. The highest BCUT2D eigenvalue weighted by atomic mass is 15.2. The Bertz CT molecular complexity index is 327. The van der Waals surface area contributed by atoms with Gasteiger partial charge in [0.15, 0.2) is 0 Å². The Kier molecular flexibility index (Phi) is 4.86. The lowest BCUT2D eigenvalue weighted by atomic mass is 9.98. The lowest BCUT2D eigenvalue weighted by Gasteiger charge is -2.30. The van der Waals surface area contributed by atoms with E-state index in [0.717, 1.165) is 25.2 Å². The molecule has 0 radical (unpaired) electrons. The standard InChI is InChI=1S/C16H29N3/c1-13(2)18-16(12-17)9-8-15(10-16)19(3)11-14-6-4-5-7-14/h13-15,18H,4-11H2,1-3H3. The summed E-state index contributed by atoms with van der Waals surface area (Å²) in [6.45, 7) is 5.50. The molecular weight excluding hydrogens is 234 g/mol. The van der Waals surface area contributed by atoms with Gasteiger partial charge in [0, 0.05) is 18.6 Å². The summed E-state index contributed by atoms with van der Waals surface area (Å²) < 4.78 is 0. The van der Waals surface area contributed by atoms with Gasteiger partial charge in [-0.3, -0.25) is 5.32 Å². The van der Waals surface area contributed by atoms with Gasteiger partial charge in [-0.05, 0) is 58.9 Å². The Hall–Kier alpha value is -0.590. The lowest BCUT2D eigenvalue weighted by Crippen LogP contribution is -2.47. The van der Waals surface area contributed by atoms with E-state index in [1.165, 1.54) is 32.2 Å². The topological polar surface area (TPSA) is 39.1 Å². The van der Waals surface area contributed by atoms with Crippen LogP contribution in [0.15, 0.2) is 0 Å². The first-order chi connectivity index (χ1) is 9.04. The highest BCUT2D eigenvalue weighted by Crippen LogP contribution is 2.34. The SMILES string of the molecule is CC(C)NC1(C#N)CCC(N(C)CC2CCCC2)C1. The first-order valence-corrected chi connectivity index (χ1v) is 7.94. The minimum atomic E-state index is -0.275. The van der Waals surface area contributed by atoms with Crippen LogP contribution in [0.5, 0.6) is 0 Å². The second-order valence-corrected chi connectivity index (χ2v) is 6.98. The third kappa shape index (κ3) is 3.70. The second kappa shape index (κ2) is 6.24. The normalized spacial score (nSPS) is 32.3. The van der Waals surface area contributed by atoms with Crippen LogP contribution in [-0.4, -0.2) is 36.1 Å². The molecule has 2 aliphatic rings. The van der Waals surface area contributed by atoms with Crippen molar-refractivity contribution in [2.75, 3.05) is 13.6 Å². The maximum absolute atomic E-state index is 9.52. The third-order valence-electron chi connectivity index (χ3n) is 4.91. The molecule has 2 unspecified atom stereocenters. The number of rotatable bonds is 5. The molecule has 2 fully saturated rings. The molecule has 0 aromatic heterocycles. The number of hydrogen-bond acceptors (Lipinski definition) is 3. The van der Waals surface area contributed by atoms with E-state index in [2.05, 4.69) is 37.2 Å². The molecule has 0 spiro atoms. The van der Waals surface area contributed by atoms with Gasteiger partial charge in [-0.15, -0.1) is 0 Å².